The van der Waals surface area contributed by atoms with Gasteiger partial charge in [0, 0.05) is 12.1 Å². The van der Waals surface area contributed by atoms with Crippen LogP contribution in [0.15, 0.2) is 36.4 Å². The molecule has 4 heteroatoms. The summed E-state index contributed by atoms with van der Waals surface area (Å²) < 4.78 is 31.8. The molecule has 1 N–H and O–H groups in total. The number of rotatable bonds is 4. The van der Waals surface area contributed by atoms with Gasteiger partial charge in [0.25, 0.3) is 0 Å². The Balaban J connectivity index is 2.18. The van der Waals surface area contributed by atoms with E-state index in [0.717, 1.165) is 35.1 Å². The maximum absolute atomic E-state index is 13.5. The molecule has 0 amide bonds. The Bertz CT molecular complexity index is 584. The molecule has 0 bridgehead atoms. The summed E-state index contributed by atoms with van der Waals surface area (Å²) in [7, 11) is 1.58. The second kappa shape index (κ2) is 5.69. The normalized spacial score (nSPS) is 10.3. The van der Waals surface area contributed by atoms with Crippen LogP contribution in [-0.4, -0.2) is 7.11 Å². The molecule has 0 radical (unpaired) electrons. The van der Waals surface area contributed by atoms with Crippen LogP contribution in [0.4, 0.5) is 14.5 Å². The predicted molar refractivity (Wildman–Crippen MR) is 71.4 cm³/mol. The van der Waals surface area contributed by atoms with Crippen LogP contribution in [0.5, 0.6) is 5.75 Å². The van der Waals surface area contributed by atoms with E-state index in [9.17, 15) is 8.78 Å². The Labute approximate surface area is 111 Å². The molecule has 19 heavy (non-hydrogen) atoms. The molecule has 0 aliphatic heterocycles. The highest BCUT2D eigenvalue weighted by molar-refractivity contribution is 5.47. The fraction of sp³-hybridized carbons (Fsp3) is 0.200. The van der Waals surface area contributed by atoms with E-state index in [1.807, 2.05) is 25.1 Å². The number of methoxy groups -OCH3 is 1. The van der Waals surface area contributed by atoms with E-state index in [1.54, 1.807) is 7.11 Å². The van der Waals surface area contributed by atoms with Gasteiger partial charge in [-0.3, -0.25) is 0 Å². The largest absolute Gasteiger partial charge is 0.496 e. The van der Waals surface area contributed by atoms with Gasteiger partial charge in [0.15, 0.2) is 0 Å². The zero-order valence-electron chi connectivity index (χ0n) is 10.8. The molecular formula is C15H15F2NO. The Morgan fingerprint density at radius 1 is 1.11 bits per heavy atom. The van der Waals surface area contributed by atoms with E-state index < -0.39 is 11.6 Å². The van der Waals surface area contributed by atoms with Crippen LogP contribution in [-0.2, 0) is 6.54 Å². The van der Waals surface area contributed by atoms with Gasteiger partial charge in [-0.2, -0.15) is 0 Å². The van der Waals surface area contributed by atoms with Crippen molar-refractivity contribution in [2.24, 2.45) is 0 Å². The summed E-state index contributed by atoms with van der Waals surface area (Å²) in [5.41, 5.74) is 2.12. The van der Waals surface area contributed by atoms with Crippen LogP contribution in [0.2, 0.25) is 0 Å². The van der Waals surface area contributed by atoms with E-state index in [0.29, 0.717) is 6.54 Å². The van der Waals surface area contributed by atoms with Crippen molar-refractivity contribution in [1.29, 1.82) is 0 Å². The fourth-order valence-electron chi connectivity index (χ4n) is 1.87. The van der Waals surface area contributed by atoms with Crippen molar-refractivity contribution in [2.75, 3.05) is 12.4 Å². The Hall–Kier alpha value is -2.10. The minimum Gasteiger partial charge on any atom is -0.496 e. The van der Waals surface area contributed by atoms with Gasteiger partial charge in [-0.05, 0) is 31.2 Å². The maximum Gasteiger partial charge on any atom is 0.146 e. The van der Waals surface area contributed by atoms with Crippen LogP contribution < -0.4 is 10.1 Å². The number of halogens is 2. The lowest BCUT2D eigenvalue weighted by Gasteiger charge is -2.12. The predicted octanol–water partition coefficient (Wildman–Crippen LogP) is 3.89. The average Bonchev–Trinajstić information content (AvgIpc) is 2.40. The molecule has 0 aromatic heterocycles. The second-order valence-electron chi connectivity index (χ2n) is 4.29. The summed E-state index contributed by atoms with van der Waals surface area (Å²) >= 11 is 0. The Kier molecular flexibility index (Phi) is 4.00. The molecular weight excluding hydrogens is 248 g/mol. The second-order valence-corrected chi connectivity index (χ2v) is 4.29. The number of aryl methyl sites for hydroxylation is 1. The molecule has 0 unspecified atom stereocenters. The van der Waals surface area contributed by atoms with E-state index in [2.05, 4.69) is 5.32 Å². The fourth-order valence-corrected chi connectivity index (χ4v) is 1.87. The molecule has 2 aromatic rings. The van der Waals surface area contributed by atoms with Gasteiger partial charge in [-0.15, -0.1) is 0 Å². The highest BCUT2D eigenvalue weighted by Crippen LogP contribution is 2.22. The topological polar surface area (TPSA) is 21.3 Å². The number of hydrogen-bond acceptors (Lipinski definition) is 2. The van der Waals surface area contributed by atoms with E-state index >= 15 is 0 Å². The molecule has 100 valence electrons. The SMILES string of the molecule is COc1ccc(C)cc1CNc1cc(F)ccc1F. The third kappa shape index (κ3) is 3.22. The molecule has 0 saturated carbocycles. The highest BCUT2D eigenvalue weighted by atomic mass is 19.1. The molecule has 2 aromatic carbocycles. The quantitative estimate of drug-likeness (QED) is 0.903. The summed E-state index contributed by atoms with van der Waals surface area (Å²) in [6.07, 6.45) is 0. The monoisotopic (exact) mass is 263 g/mol. The van der Waals surface area contributed by atoms with Crippen LogP contribution >= 0.6 is 0 Å². The summed E-state index contributed by atoms with van der Waals surface area (Å²) in [5, 5.41) is 2.88. The lowest BCUT2D eigenvalue weighted by molar-refractivity contribution is 0.410. The van der Waals surface area contributed by atoms with Crippen LogP contribution in [0.25, 0.3) is 0 Å². The van der Waals surface area contributed by atoms with Crippen LogP contribution in [0.1, 0.15) is 11.1 Å². The van der Waals surface area contributed by atoms with Crippen LogP contribution in [0.3, 0.4) is 0 Å². The smallest absolute Gasteiger partial charge is 0.146 e. The third-order valence-corrected chi connectivity index (χ3v) is 2.83. The van der Waals surface area contributed by atoms with E-state index in [1.165, 1.54) is 0 Å². The van der Waals surface area contributed by atoms with Crippen molar-refractivity contribution in [1.82, 2.24) is 0 Å². The Morgan fingerprint density at radius 3 is 2.63 bits per heavy atom. The van der Waals surface area contributed by atoms with Gasteiger partial charge in [0.05, 0.1) is 12.8 Å². The zero-order chi connectivity index (χ0) is 13.8. The van der Waals surface area contributed by atoms with Crippen molar-refractivity contribution in [3.8, 4) is 5.75 Å². The maximum atomic E-state index is 13.5. The first-order chi connectivity index (χ1) is 9.10. The number of nitrogens with one attached hydrogen (secondary N) is 1. The molecule has 0 aliphatic rings. The van der Waals surface area contributed by atoms with Crippen molar-refractivity contribution in [2.45, 2.75) is 13.5 Å². The van der Waals surface area contributed by atoms with Gasteiger partial charge in [-0.1, -0.05) is 17.7 Å². The van der Waals surface area contributed by atoms with Gasteiger partial charge in [-0.25, -0.2) is 8.78 Å². The molecule has 0 heterocycles. The van der Waals surface area contributed by atoms with Gasteiger partial charge in [0.1, 0.15) is 17.4 Å². The number of hydrogen-bond donors (Lipinski definition) is 1. The van der Waals surface area contributed by atoms with E-state index in [4.69, 9.17) is 4.74 Å². The first-order valence-corrected chi connectivity index (χ1v) is 5.92. The number of anilines is 1. The molecule has 2 rings (SSSR count). The summed E-state index contributed by atoms with van der Waals surface area (Å²) in [6.45, 7) is 2.33. The van der Waals surface area contributed by atoms with Crippen molar-refractivity contribution in [3.63, 3.8) is 0 Å². The molecule has 2 nitrogen and oxygen atoms in total. The van der Waals surface area contributed by atoms with Crippen molar-refractivity contribution >= 4 is 5.69 Å². The lowest BCUT2D eigenvalue weighted by atomic mass is 10.1. The zero-order valence-corrected chi connectivity index (χ0v) is 10.8. The first kappa shape index (κ1) is 13.3. The third-order valence-electron chi connectivity index (χ3n) is 2.83. The van der Waals surface area contributed by atoms with Crippen molar-refractivity contribution < 1.29 is 13.5 Å². The number of ether oxygens (including phenoxy) is 1. The van der Waals surface area contributed by atoms with Gasteiger partial charge >= 0.3 is 0 Å². The van der Waals surface area contributed by atoms with Crippen LogP contribution in [0, 0.1) is 18.6 Å². The number of benzene rings is 2. The van der Waals surface area contributed by atoms with Crippen molar-refractivity contribution in [3.05, 3.63) is 59.2 Å². The summed E-state index contributed by atoms with van der Waals surface area (Å²) in [6, 6.07) is 9.07. The minimum atomic E-state index is -0.479. The minimum absolute atomic E-state index is 0.142. The molecule has 0 spiro atoms. The standard InChI is InChI=1S/C15H15F2NO/c1-10-3-6-15(19-2)11(7-10)9-18-14-8-12(16)4-5-13(14)17/h3-8,18H,9H2,1-2H3. The lowest BCUT2D eigenvalue weighted by Crippen LogP contribution is -2.04. The summed E-state index contributed by atoms with van der Waals surface area (Å²) in [5.74, 6) is -0.233. The Morgan fingerprint density at radius 2 is 1.89 bits per heavy atom. The van der Waals surface area contributed by atoms with E-state index in [-0.39, 0.29) is 5.69 Å². The highest BCUT2D eigenvalue weighted by Gasteiger charge is 2.06. The van der Waals surface area contributed by atoms with Gasteiger partial charge in [0.2, 0.25) is 0 Å². The summed E-state index contributed by atoms with van der Waals surface area (Å²) in [4.78, 5) is 0. The molecule has 0 fully saturated rings. The average molecular weight is 263 g/mol. The first-order valence-electron chi connectivity index (χ1n) is 5.92. The van der Waals surface area contributed by atoms with Gasteiger partial charge < -0.3 is 10.1 Å². The molecule has 0 saturated heterocycles. The molecule has 0 atom stereocenters. The molecule has 0 aliphatic carbocycles.